The van der Waals surface area contributed by atoms with Crippen molar-refractivity contribution in [3.63, 3.8) is 0 Å². The van der Waals surface area contributed by atoms with E-state index in [1.54, 1.807) is 0 Å². The monoisotopic (exact) mass is 161 g/mol. The summed E-state index contributed by atoms with van der Waals surface area (Å²) in [5, 5.41) is 0.0548. The van der Waals surface area contributed by atoms with Crippen molar-refractivity contribution in [3.8, 4) is 0 Å². The third-order valence-electron chi connectivity index (χ3n) is 1.09. The maximum atomic E-state index is 5.80. The van der Waals surface area contributed by atoms with Gasteiger partial charge in [0.05, 0.1) is 10.9 Å². The van der Waals surface area contributed by atoms with E-state index in [4.69, 9.17) is 11.6 Å². The molecule has 0 heterocycles. The molecule has 0 bridgehead atoms. The first-order valence-corrected chi connectivity index (χ1v) is 3.97. The maximum Gasteiger partial charge on any atom is 0.0683 e. The van der Waals surface area contributed by atoms with E-state index in [9.17, 15) is 0 Å². The molecule has 1 unspecified atom stereocenters. The molecule has 0 saturated carbocycles. The summed E-state index contributed by atoms with van der Waals surface area (Å²) < 4.78 is 0. The lowest BCUT2D eigenvalue weighted by Crippen LogP contribution is -2.16. The summed E-state index contributed by atoms with van der Waals surface area (Å²) in [6.07, 6.45) is 0. The third kappa shape index (κ3) is 4.80. The number of hydrogen-bond donors (Lipinski definition) is 0. The van der Waals surface area contributed by atoms with E-state index in [1.807, 2.05) is 13.8 Å². The summed E-state index contributed by atoms with van der Waals surface area (Å²) in [5.74, 6) is 0. The molecule has 0 aromatic rings. The van der Waals surface area contributed by atoms with Gasteiger partial charge < -0.3 is 0 Å². The molecule has 0 rings (SSSR count). The van der Waals surface area contributed by atoms with Crippen LogP contribution in [0.2, 0.25) is 0 Å². The lowest BCUT2D eigenvalue weighted by atomic mass is 10.1. The molecular weight excluding hydrogens is 146 g/mol. The number of hydrogen-bond acceptors (Lipinski definition) is 1. The number of nitrogens with zero attached hydrogens (tertiary/aromatic N) is 1. The smallest absolute Gasteiger partial charge is 0.0683 e. The van der Waals surface area contributed by atoms with Crippen LogP contribution in [-0.4, -0.2) is 16.6 Å². The van der Waals surface area contributed by atoms with E-state index in [0.29, 0.717) is 0 Å². The minimum absolute atomic E-state index is 0.00718. The van der Waals surface area contributed by atoms with Crippen LogP contribution in [-0.2, 0) is 0 Å². The van der Waals surface area contributed by atoms with Gasteiger partial charge in [-0.3, -0.25) is 4.99 Å². The molecule has 0 amide bonds. The summed E-state index contributed by atoms with van der Waals surface area (Å²) in [4.78, 5) is 4.39. The second-order valence-corrected chi connectivity index (χ2v) is 4.19. The van der Waals surface area contributed by atoms with Gasteiger partial charge in [-0.05, 0) is 34.6 Å². The van der Waals surface area contributed by atoms with E-state index in [2.05, 4.69) is 25.8 Å². The van der Waals surface area contributed by atoms with Crippen molar-refractivity contribution in [2.45, 2.75) is 45.5 Å². The van der Waals surface area contributed by atoms with Crippen LogP contribution in [0.15, 0.2) is 4.99 Å². The van der Waals surface area contributed by atoms with Gasteiger partial charge in [0.1, 0.15) is 0 Å². The highest BCUT2D eigenvalue weighted by Crippen LogP contribution is 2.09. The average molecular weight is 162 g/mol. The first kappa shape index (κ1) is 9.96. The van der Waals surface area contributed by atoms with E-state index >= 15 is 0 Å². The van der Waals surface area contributed by atoms with Crippen LogP contribution in [0.25, 0.3) is 0 Å². The molecule has 0 saturated heterocycles. The van der Waals surface area contributed by atoms with Crippen molar-refractivity contribution in [1.82, 2.24) is 0 Å². The Kier molecular flexibility index (Phi) is 3.37. The molecule has 0 aliphatic carbocycles. The fraction of sp³-hybridized carbons (Fsp3) is 0.875. The lowest BCUT2D eigenvalue weighted by Gasteiger charge is -2.14. The Morgan fingerprint density at radius 1 is 1.40 bits per heavy atom. The lowest BCUT2D eigenvalue weighted by molar-refractivity contribution is 0.582. The topological polar surface area (TPSA) is 12.4 Å². The Morgan fingerprint density at radius 2 is 1.80 bits per heavy atom. The molecular formula is C8H16ClN. The first-order valence-electron chi connectivity index (χ1n) is 3.53. The minimum atomic E-state index is 0.00718. The molecule has 0 aromatic carbocycles. The largest absolute Gasteiger partial charge is 0.287 e. The van der Waals surface area contributed by atoms with Crippen molar-refractivity contribution in [2.24, 2.45) is 4.99 Å². The first-order chi connectivity index (χ1) is 4.33. The van der Waals surface area contributed by atoms with Gasteiger partial charge >= 0.3 is 0 Å². The number of alkyl halides is 1. The van der Waals surface area contributed by atoms with Gasteiger partial charge in [-0.25, -0.2) is 0 Å². The van der Waals surface area contributed by atoms with Crippen LogP contribution < -0.4 is 0 Å². The predicted molar refractivity (Wildman–Crippen MR) is 48.2 cm³/mol. The van der Waals surface area contributed by atoms with Gasteiger partial charge in [-0.2, -0.15) is 0 Å². The minimum Gasteiger partial charge on any atom is -0.287 e. The molecule has 1 atom stereocenters. The van der Waals surface area contributed by atoms with E-state index in [1.165, 1.54) is 0 Å². The van der Waals surface area contributed by atoms with Crippen molar-refractivity contribution in [1.29, 1.82) is 0 Å². The zero-order valence-corrected chi connectivity index (χ0v) is 8.16. The Balaban J connectivity index is 4.17. The molecule has 60 valence electrons. The van der Waals surface area contributed by atoms with Gasteiger partial charge in [-0.1, -0.05) is 0 Å². The van der Waals surface area contributed by atoms with Gasteiger partial charge in [-0.15, -0.1) is 11.6 Å². The van der Waals surface area contributed by atoms with Gasteiger partial charge in [0, 0.05) is 5.71 Å². The molecule has 0 fully saturated rings. The Labute approximate surface area is 68.5 Å². The normalized spacial score (nSPS) is 17.2. The SMILES string of the molecule is CC(=NC(C)(C)C)C(C)Cl. The molecule has 0 aliphatic rings. The Bertz CT molecular complexity index is 131. The van der Waals surface area contributed by atoms with Crippen molar-refractivity contribution in [3.05, 3.63) is 0 Å². The number of aliphatic imine (C=N–C) groups is 1. The highest BCUT2D eigenvalue weighted by molar-refractivity contribution is 6.31. The standard InChI is InChI=1S/C8H16ClN/c1-6(9)7(2)10-8(3,4)5/h6H,1-5H3. The van der Waals surface area contributed by atoms with Gasteiger partial charge in [0.15, 0.2) is 0 Å². The highest BCUT2D eigenvalue weighted by atomic mass is 35.5. The van der Waals surface area contributed by atoms with Gasteiger partial charge in [0.2, 0.25) is 0 Å². The zero-order valence-electron chi connectivity index (χ0n) is 7.40. The average Bonchev–Trinajstić information content (AvgIpc) is 1.60. The van der Waals surface area contributed by atoms with Gasteiger partial charge in [0.25, 0.3) is 0 Å². The summed E-state index contributed by atoms with van der Waals surface area (Å²) >= 11 is 5.80. The van der Waals surface area contributed by atoms with Crippen LogP contribution in [0.3, 0.4) is 0 Å². The molecule has 10 heavy (non-hydrogen) atoms. The highest BCUT2D eigenvalue weighted by Gasteiger charge is 2.09. The van der Waals surface area contributed by atoms with E-state index in [0.717, 1.165) is 5.71 Å². The van der Waals surface area contributed by atoms with Crippen LogP contribution >= 0.6 is 11.6 Å². The molecule has 0 radical (unpaired) electrons. The van der Waals surface area contributed by atoms with Crippen molar-refractivity contribution < 1.29 is 0 Å². The number of rotatable bonds is 1. The third-order valence-corrected chi connectivity index (χ3v) is 1.40. The van der Waals surface area contributed by atoms with Crippen LogP contribution in [0.1, 0.15) is 34.6 Å². The van der Waals surface area contributed by atoms with E-state index in [-0.39, 0.29) is 10.9 Å². The maximum absolute atomic E-state index is 5.80. The quantitative estimate of drug-likeness (QED) is 0.414. The molecule has 0 spiro atoms. The van der Waals surface area contributed by atoms with Crippen LogP contribution in [0.4, 0.5) is 0 Å². The summed E-state index contributed by atoms with van der Waals surface area (Å²) in [5.41, 5.74) is 1.02. The summed E-state index contributed by atoms with van der Waals surface area (Å²) in [6, 6.07) is 0. The Hall–Kier alpha value is -0.0400. The molecule has 0 N–H and O–H groups in total. The molecule has 0 aromatic heterocycles. The number of halogens is 1. The van der Waals surface area contributed by atoms with Crippen LogP contribution in [0.5, 0.6) is 0 Å². The van der Waals surface area contributed by atoms with Crippen LogP contribution in [0, 0.1) is 0 Å². The second kappa shape index (κ2) is 3.38. The summed E-state index contributed by atoms with van der Waals surface area (Å²) in [6.45, 7) is 10.1. The fourth-order valence-corrected chi connectivity index (χ4v) is 0.667. The molecule has 0 aliphatic heterocycles. The van der Waals surface area contributed by atoms with Crippen molar-refractivity contribution in [2.75, 3.05) is 0 Å². The predicted octanol–water partition coefficient (Wildman–Crippen LogP) is 2.87. The zero-order chi connectivity index (χ0) is 8.36. The Morgan fingerprint density at radius 3 is 1.90 bits per heavy atom. The van der Waals surface area contributed by atoms with Crippen molar-refractivity contribution >= 4 is 17.3 Å². The molecule has 2 heteroatoms. The second-order valence-electron chi connectivity index (χ2n) is 3.54. The molecule has 1 nitrogen and oxygen atoms in total. The van der Waals surface area contributed by atoms with E-state index < -0.39 is 0 Å². The fourth-order valence-electron chi connectivity index (χ4n) is 0.618. The summed E-state index contributed by atoms with van der Waals surface area (Å²) in [7, 11) is 0.